The van der Waals surface area contributed by atoms with Crippen molar-refractivity contribution in [2.75, 3.05) is 0 Å². The molecule has 1 fully saturated rings. The standard InChI is InChI=1S/C12H16N2O6S/c1-6(12(16)17)14(8-3-4-8)11(15)9-5-10(7(2)20-9)21(13,18)19/h5-6,8H,3-4H2,1-2H3,(H,16,17)(H2,13,18,19). The quantitative estimate of drug-likeness (QED) is 0.804. The number of carboxylic acid groups (broad SMARTS) is 1. The Labute approximate surface area is 121 Å². The molecule has 0 aromatic carbocycles. The van der Waals surface area contributed by atoms with Gasteiger partial charge in [-0.3, -0.25) is 4.79 Å². The Hall–Kier alpha value is -1.87. The van der Waals surface area contributed by atoms with Crippen LogP contribution in [0.25, 0.3) is 0 Å². The summed E-state index contributed by atoms with van der Waals surface area (Å²) in [4.78, 5) is 24.4. The average Bonchev–Trinajstić information content (AvgIpc) is 3.09. The van der Waals surface area contributed by atoms with Crippen LogP contribution >= 0.6 is 0 Å². The molecule has 0 spiro atoms. The lowest BCUT2D eigenvalue weighted by molar-refractivity contribution is -0.141. The molecule has 0 saturated heterocycles. The highest BCUT2D eigenvalue weighted by Crippen LogP contribution is 2.31. The Morgan fingerprint density at radius 3 is 2.43 bits per heavy atom. The van der Waals surface area contributed by atoms with Crippen molar-refractivity contribution in [3.63, 3.8) is 0 Å². The number of hydrogen-bond acceptors (Lipinski definition) is 5. The third-order valence-electron chi connectivity index (χ3n) is 3.34. The van der Waals surface area contributed by atoms with Gasteiger partial charge in [0.25, 0.3) is 5.91 Å². The van der Waals surface area contributed by atoms with E-state index in [0.29, 0.717) is 12.8 Å². The van der Waals surface area contributed by atoms with Gasteiger partial charge in [-0.25, -0.2) is 18.4 Å². The van der Waals surface area contributed by atoms with Crippen molar-refractivity contribution in [3.8, 4) is 0 Å². The van der Waals surface area contributed by atoms with Crippen LogP contribution in [0.4, 0.5) is 0 Å². The molecule has 1 aliphatic rings. The molecular weight excluding hydrogens is 300 g/mol. The van der Waals surface area contributed by atoms with E-state index in [-0.39, 0.29) is 22.5 Å². The molecule has 1 aromatic rings. The maximum atomic E-state index is 12.4. The number of primary sulfonamides is 1. The van der Waals surface area contributed by atoms with Crippen LogP contribution in [0.15, 0.2) is 15.4 Å². The van der Waals surface area contributed by atoms with Crippen molar-refractivity contribution >= 4 is 21.9 Å². The number of rotatable bonds is 5. The molecule has 21 heavy (non-hydrogen) atoms. The van der Waals surface area contributed by atoms with Crippen LogP contribution in [0.2, 0.25) is 0 Å². The minimum absolute atomic E-state index is 0.000394. The topological polar surface area (TPSA) is 131 Å². The molecule has 116 valence electrons. The molecule has 1 aliphatic carbocycles. The predicted octanol–water partition coefficient (Wildman–Crippen LogP) is 0.313. The fraction of sp³-hybridized carbons (Fsp3) is 0.500. The number of carbonyl (C=O) groups excluding carboxylic acids is 1. The van der Waals surface area contributed by atoms with Crippen LogP contribution in [0.1, 0.15) is 36.1 Å². The zero-order valence-corrected chi connectivity index (χ0v) is 12.4. The van der Waals surface area contributed by atoms with Gasteiger partial charge in [0.1, 0.15) is 16.7 Å². The lowest BCUT2D eigenvalue weighted by atomic mass is 10.2. The zero-order chi connectivity index (χ0) is 15.9. The average molecular weight is 316 g/mol. The number of sulfonamides is 1. The summed E-state index contributed by atoms with van der Waals surface area (Å²) in [5.41, 5.74) is 0. The molecule has 0 aliphatic heterocycles. The molecule has 1 saturated carbocycles. The maximum absolute atomic E-state index is 12.4. The van der Waals surface area contributed by atoms with Crippen LogP contribution in [0, 0.1) is 6.92 Å². The van der Waals surface area contributed by atoms with Crippen LogP contribution < -0.4 is 5.14 Å². The summed E-state index contributed by atoms with van der Waals surface area (Å²) in [5.74, 6) is -2.01. The summed E-state index contributed by atoms with van der Waals surface area (Å²) >= 11 is 0. The highest BCUT2D eigenvalue weighted by molar-refractivity contribution is 7.89. The number of furan rings is 1. The van der Waals surface area contributed by atoms with E-state index >= 15 is 0 Å². The van der Waals surface area contributed by atoms with Crippen LogP contribution in [0.3, 0.4) is 0 Å². The van der Waals surface area contributed by atoms with Gasteiger partial charge in [0.15, 0.2) is 5.76 Å². The molecule has 0 bridgehead atoms. The molecular formula is C12H16N2O6S. The summed E-state index contributed by atoms with van der Waals surface area (Å²) in [7, 11) is -3.99. The smallest absolute Gasteiger partial charge is 0.326 e. The van der Waals surface area contributed by atoms with Gasteiger partial charge in [-0.15, -0.1) is 0 Å². The number of amides is 1. The Bertz CT molecular complexity index is 689. The van der Waals surface area contributed by atoms with Crippen molar-refractivity contribution in [1.29, 1.82) is 0 Å². The Balaban J connectivity index is 2.36. The van der Waals surface area contributed by atoms with E-state index in [1.165, 1.54) is 18.7 Å². The Kier molecular flexibility index (Phi) is 3.81. The summed E-state index contributed by atoms with van der Waals surface area (Å²) < 4.78 is 27.8. The van der Waals surface area contributed by atoms with Gasteiger partial charge in [0.2, 0.25) is 10.0 Å². The third kappa shape index (κ3) is 3.08. The summed E-state index contributed by atoms with van der Waals surface area (Å²) in [6.07, 6.45) is 1.43. The van der Waals surface area contributed by atoms with Crippen molar-refractivity contribution < 1.29 is 27.5 Å². The SMILES string of the molecule is Cc1oc(C(=O)N(C2CC2)C(C)C(=O)O)cc1S(N)(=O)=O. The van der Waals surface area contributed by atoms with E-state index in [4.69, 9.17) is 14.7 Å². The molecule has 3 N–H and O–H groups in total. The highest BCUT2D eigenvalue weighted by atomic mass is 32.2. The molecule has 1 amide bonds. The first kappa shape index (κ1) is 15.5. The third-order valence-corrected chi connectivity index (χ3v) is 4.36. The van der Waals surface area contributed by atoms with E-state index in [0.717, 1.165) is 6.07 Å². The second kappa shape index (κ2) is 5.15. The molecule has 1 heterocycles. The van der Waals surface area contributed by atoms with E-state index in [2.05, 4.69) is 0 Å². The number of aryl methyl sites for hydroxylation is 1. The first-order chi connectivity index (χ1) is 9.62. The number of hydrogen-bond donors (Lipinski definition) is 2. The van der Waals surface area contributed by atoms with Crippen LogP contribution in [-0.2, 0) is 14.8 Å². The minimum Gasteiger partial charge on any atom is -0.480 e. The molecule has 1 atom stereocenters. The lowest BCUT2D eigenvalue weighted by Crippen LogP contribution is -2.44. The number of nitrogens with two attached hydrogens (primary N) is 1. The van der Waals surface area contributed by atoms with E-state index in [9.17, 15) is 18.0 Å². The van der Waals surface area contributed by atoms with Gasteiger partial charge in [0, 0.05) is 12.1 Å². The second-order valence-corrected chi connectivity index (χ2v) is 6.56. The predicted molar refractivity (Wildman–Crippen MR) is 71.1 cm³/mol. The van der Waals surface area contributed by atoms with Gasteiger partial charge in [-0.1, -0.05) is 0 Å². The molecule has 1 aromatic heterocycles. The fourth-order valence-electron chi connectivity index (χ4n) is 2.11. The zero-order valence-electron chi connectivity index (χ0n) is 11.6. The second-order valence-electron chi connectivity index (χ2n) is 5.03. The molecule has 2 rings (SSSR count). The summed E-state index contributed by atoms with van der Waals surface area (Å²) in [6, 6.07) is -0.142. The van der Waals surface area contributed by atoms with Gasteiger partial charge >= 0.3 is 5.97 Å². The van der Waals surface area contributed by atoms with Gasteiger partial charge in [-0.05, 0) is 26.7 Å². The van der Waals surface area contributed by atoms with Crippen LogP contribution in [0.5, 0.6) is 0 Å². The first-order valence-electron chi connectivity index (χ1n) is 6.31. The number of aliphatic carboxylic acids is 1. The Morgan fingerprint density at radius 1 is 1.48 bits per heavy atom. The highest BCUT2D eigenvalue weighted by Gasteiger charge is 2.40. The van der Waals surface area contributed by atoms with Gasteiger partial charge in [0.05, 0.1) is 0 Å². The maximum Gasteiger partial charge on any atom is 0.326 e. The number of carboxylic acids is 1. The van der Waals surface area contributed by atoms with E-state index < -0.39 is 27.9 Å². The summed E-state index contributed by atoms with van der Waals surface area (Å²) in [6.45, 7) is 2.77. The van der Waals surface area contributed by atoms with E-state index in [1.807, 2.05) is 0 Å². The van der Waals surface area contributed by atoms with Crippen molar-refractivity contribution in [1.82, 2.24) is 4.90 Å². The fourth-order valence-corrected chi connectivity index (χ4v) is 2.82. The largest absolute Gasteiger partial charge is 0.480 e. The minimum atomic E-state index is -3.99. The number of nitrogens with zero attached hydrogens (tertiary/aromatic N) is 1. The van der Waals surface area contributed by atoms with Crippen LogP contribution in [-0.4, -0.2) is 42.4 Å². The molecule has 9 heteroatoms. The summed E-state index contributed by atoms with van der Waals surface area (Å²) in [5, 5.41) is 14.1. The lowest BCUT2D eigenvalue weighted by Gasteiger charge is -2.25. The molecule has 0 radical (unpaired) electrons. The van der Waals surface area contributed by atoms with E-state index in [1.54, 1.807) is 0 Å². The molecule has 8 nitrogen and oxygen atoms in total. The van der Waals surface area contributed by atoms with Gasteiger partial charge < -0.3 is 14.4 Å². The monoisotopic (exact) mass is 316 g/mol. The van der Waals surface area contributed by atoms with Gasteiger partial charge in [-0.2, -0.15) is 0 Å². The normalized spacial score (nSPS) is 16.5. The molecule has 1 unspecified atom stereocenters. The van der Waals surface area contributed by atoms with Crippen molar-refractivity contribution in [2.24, 2.45) is 5.14 Å². The number of carbonyl (C=O) groups is 2. The first-order valence-corrected chi connectivity index (χ1v) is 7.86. The Morgan fingerprint density at radius 2 is 2.05 bits per heavy atom. The van der Waals surface area contributed by atoms with Crippen molar-refractivity contribution in [2.45, 2.75) is 43.7 Å². The van der Waals surface area contributed by atoms with Crippen molar-refractivity contribution in [3.05, 3.63) is 17.6 Å².